The van der Waals surface area contributed by atoms with Crippen molar-refractivity contribution in [3.63, 3.8) is 0 Å². The molecule has 0 fully saturated rings. The van der Waals surface area contributed by atoms with Crippen LogP contribution in [0, 0.1) is 0 Å². The quantitative estimate of drug-likeness (QED) is 0.522. The third-order valence-electron chi connectivity index (χ3n) is 3.89. The van der Waals surface area contributed by atoms with Gasteiger partial charge in [0, 0.05) is 22.0 Å². The zero-order valence-corrected chi connectivity index (χ0v) is 16.1. The summed E-state index contributed by atoms with van der Waals surface area (Å²) in [6.45, 7) is 0. The fraction of sp³-hybridized carbons (Fsp3) is 0.100. The van der Waals surface area contributed by atoms with Crippen LogP contribution >= 0.6 is 23.2 Å². The van der Waals surface area contributed by atoms with Crippen molar-refractivity contribution in [2.45, 2.75) is 12.5 Å². The van der Waals surface area contributed by atoms with Gasteiger partial charge in [-0.3, -0.25) is 0 Å². The van der Waals surface area contributed by atoms with E-state index >= 15 is 0 Å². The van der Waals surface area contributed by atoms with E-state index in [4.69, 9.17) is 33.8 Å². The summed E-state index contributed by atoms with van der Waals surface area (Å²) >= 11 is 12.1. The van der Waals surface area contributed by atoms with E-state index in [0.29, 0.717) is 27.7 Å². The van der Waals surface area contributed by atoms with Crippen molar-refractivity contribution in [2.24, 2.45) is 10.9 Å². The standard InChI is InChI=1S/C20H17Cl2N3O3/c21-14-6-4-5-13(11-14)19(20(26)27)28-18-10-9-15(22)12-17(18)25(23)24-16-7-2-1-3-8-16/h1-7,9-12,19H,8,23H2,(H,26,27)/b24-16-. The summed E-state index contributed by atoms with van der Waals surface area (Å²) < 4.78 is 5.77. The second kappa shape index (κ2) is 8.93. The first-order valence-electron chi connectivity index (χ1n) is 8.34. The van der Waals surface area contributed by atoms with Crippen molar-refractivity contribution >= 4 is 40.6 Å². The largest absolute Gasteiger partial charge is 0.478 e. The molecule has 6 nitrogen and oxygen atoms in total. The monoisotopic (exact) mass is 417 g/mol. The number of ether oxygens (including phenoxy) is 1. The van der Waals surface area contributed by atoms with E-state index < -0.39 is 12.1 Å². The summed E-state index contributed by atoms with van der Waals surface area (Å²) in [7, 11) is 0. The number of anilines is 1. The Morgan fingerprint density at radius 1 is 1.18 bits per heavy atom. The van der Waals surface area contributed by atoms with Gasteiger partial charge >= 0.3 is 5.97 Å². The molecule has 1 aliphatic carbocycles. The molecule has 0 amide bonds. The number of allylic oxidation sites excluding steroid dienone is 4. The van der Waals surface area contributed by atoms with Gasteiger partial charge in [-0.05, 0) is 36.4 Å². The van der Waals surface area contributed by atoms with E-state index in [1.807, 2.05) is 24.3 Å². The number of hydrazine groups is 1. The number of carbonyl (C=O) groups is 1. The third-order valence-corrected chi connectivity index (χ3v) is 4.36. The van der Waals surface area contributed by atoms with Crippen molar-refractivity contribution in [2.75, 3.05) is 5.12 Å². The van der Waals surface area contributed by atoms with Crippen molar-refractivity contribution in [3.8, 4) is 5.75 Å². The number of rotatable bonds is 6. The number of hydrazone groups is 1. The van der Waals surface area contributed by atoms with Crippen LogP contribution in [-0.2, 0) is 4.79 Å². The number of hydrogen-bond donors (Lipinski definition) is 2. The van der Waals surface area contributed by atoms with Gasteiger partial charge in [-0.25, -0.2) is 10.6 Å². The first kappa shape index (κ1) is 19.9. The molecule has 1 atom stereocenters. The van der Waals surface area contributed by atoms with Crippen LogP contribution in [0.4, 0.5) is 5.69 Å². The topological polar surface area (TPSA) is 88.1 Å². The van der Waals surface area contributed by atoms with E-state index in [2.05, 4.69) is 5.10 Å². The Balaban J connectivity index is 1.94. The van der Waals surface area contributed by atoms with Crippen LogP contribution in [0.15, 0.2) is 71.9 Å². The molecular formula is C20H17Cl2N3O3. The summed E-state index contributed by atoms with van der Waals surface area (Å²) in [4.78, 5) is 11.8. The molecule has 0 heterocycles. The summed E-state index contributed by atoms with van der Waals surface area (Å²) in [6, 6.07) is 11.2. The molecule has 1 unspecified atom stereocenters. The molecule has 2 aromatic carbocycles. The Kier molecular flexibility index (Phi) is 6.36. The van der Waals surface area contributed by atoms with Gasteiger partial charge in [0.25, 0.3) is 0 Å². The Bertz CT molecular complexity index is 973. The molecule has 8 heteroatoms. The number of nitrogens with zero attached hydrogens (tertiary/aromatic N) is 2. The minimum absolute atomic E-state index is 0.221. The fourth-order valence-corrected chi connectivity index (χ4v) is 2.96. The summed E-state index contributed by atoms with van der Waals surface area (Å²) in [5, 5.41) is 15.9. The second-order valence-electron chi connectivity index (χ2n) is 5.93. The van der Waals surface area contributed by atoms with Gasteiger partial charge in [0.05, 0.1) is 5.71 Å². The van der Waals surface area contributed by atoms with Crippen LogP contribution in [0.1, 0.15) is 18.1 Å². The highest BCUT2D eigenvalue weighted by atomic mass is 35.5. The molecule has 1 aliphatic rings. The minimum Gasteiger partial charge on any atom is -0.478 e. The van der Waals surface area contributed by atoms with Crippen LogP contribution in [0.2, 0.25) is 10.0 Å². The van der Waals surface area contributed by atoms with E-state index in [0.717, 1.165) is 10.8 Å². The smallest absolute Gasteiger partial charge is 0.349 e. The first-order chi connectivity index (χ1) is 13.4. The van der Waals surface area contributed by atoms with E-state index in [-0.39, 0.29) is 5.75 Å². The van der Waals surface area contributed by atoms with Crippen molar-refractivity contribution in [3.05, 3.63) is 82.4 Å². The third kappa shape index (κ3) is 4.92. The van der Waals surface area contributed by atoms with Crippen molar-refractivity contribution in [1.29, 1.82) is 0 Å². The lowest BCUT2D eigenvalue weighted by atomic mass is 10.1. The Hall–Kier alpha value is -2.80. The van der Waals surface area contributed by atoms with Gasteiger partial charge in [0.15, 0.2) is 0 Å². The van der Waals surface area contributed by atoms with Gasteiger partial charge in [-0.2, -0.15) is 10.2 Å². The lowest BCUT2D eigenvalue weighted by Crippen LogP contribution is -2.27. The molecular weight excluding hydrogens is 401 g/mol. The second-order valence-corrected chi connectivity index (χ2v) is 6.80. The minimum atomic E-state index is -1.28. The number of nitrogens with two attached hydrogens (primary N) is 1. The predicted octanol–water partition coefficient (Wildman–Crippen LogP) is 4.75. The summed E-state index contributed by atoms with van der Waals surface area (Å²) in [5.74, 6) is 5.14. The van der Waals surface area contributed by atoms with Crippen LogP contribution in [0.5, 0.6) is 5.75 Å². The van der Waals surface area contributed by atoms with Gasteiger partial charge < -0.3 is 9.84 Å². The van der Waals surface area contributed by atoms with Gasteiger partial charge in [0.2, 0.25) is 6.10 Å². The molecule has 0 spiro atoms. The van der Waals surface area contributed by atoms with Gasteiger partial charge in [-0.15, -0.1) is 0 Å². The van der Waals surface area contributed by atoms with Crippen molar-refractivity contribution in [1.82, 2.24) is 0 Å². The maximum absolute atomic E-state index is 11.8. The molecule has 0 bridgehead atoms. The molecule has 0 saturated heterocycles. The Morgan fingerprint density at radius 3 is 2.64 bits per heavy atom. The highest BCUT2D eigenvalue weighted by molar-refractivity contribution is 6.31. The number of carboxylic acids is 1. The molecule has 144 valence electrons. The van der Waals surface area contributed by atoms with Crippen LogP contribution in [0.25, 0.3) is 0 Å². The normalized spacial score (nSPS) is 15.5. The predicted molar refractivity (Wildman–Crippen MR) is 111 cm³/mol. The number of halogens is 2. The van der Waals surface area contributed by atoms with Crippen LogP contribution < -0.4 is 15.7 Å². The number of hydrogen-bond acceptors (Lipinski definition) is 5. The SMILES string of the molecule is NN(/N=C1/C=CC=CC1)c1cc(Cl)ccc1OC(C(=O)O)c1cccc(Cl)c1. The van der Waals surface area contributed by atoms with Gasteiger partial charge in [-0.1, -0.05) is 53.6 Å². The number of aliphatic carboxylic acids is 1. The molecule has 3 rings (SSSR count). The Labute approximate surface area is 172 Å². The molecule has 2 aromatic rings. The molecule has 0 aliphatic heterocycles. The maximum atomic E-state index is 11.8. The molecule has 0 saturated carbocycles. The average molecular weight is 418 g/mol. The molecule has 0 aromatic heterocycles. The Morgan fingerprint density at radius 2 is 1.96 bits per heavy atom. The van der Waals surface area contributed by atoms with E-state index in [9.17, 15) is 9.90 Å². The van der Waals surface area contributed by atoms with E-state index in [1.165, 1.54) is 6.07 Å². The number of carboxylic acid groups (broad SMARTS) is 1. The van der Waals surface area contributed by atoms with E-state index in [1.54, 1.807) is 36.4 Å². The highest BCUT2D eigenvalue weighted by Crippen LogP contribution is 2.34. The maximum Gasteiger partial charge on any atom is 0.349 e. The van der Waals surface area contributed by atoms with Crippen molar-refractivity contribution < 1.29 is 14.6 Å². The zero-order chi connectivity index (χ0) is 20.1. The zero-order valence-electron chi connectivity index (χ0n) is 14.6. The molecule has 0 radical (unpaired) electrons. The molecule has 28 heavy (non-hydrogen) atoms. The lowest BCUT2D eigenvalue weighted by Gasteiger charge is -2.22. The van der Waals surface area contributed by atoms with Crippen LogP contribution in [-0.4, -0.2) is 16.8 Å². The fourth-order valence-electron chi connectivity index (χ4n) is 2.60. The summed E-state index contributed by atoms with van der Waals surface area (Å²) in [5.41, 5.74) is 1.47. The highest BCUT2D eigenvalue weighted by Gasteiger charge is 2.24. The molecule has 3 N–H and O–H groups in total. The lowest BCUT2D eigenvalue weighted by molar-refractivity contribution is -0.145. The average Bonchev–Trinajstić information content (AvgIpc) is 2.67. The van der Waals surface area contributed by atoms with Gasteiger partial charge in [0.1, 0.15) is 11.4 Å². The summed E-state index contributed by atoms with van der Waals surface area (Å²) in [6.07, 6.45) is 6.89. The van der Waals surface area contributed by atoms with Crippen LogP contribution in [0.3, 0.4) is 0 Å². The number of benzene rings is 2. The first-order valence-corrected chi connectivity index (χ1v) is 9.09.